The summed E-state index contributed by atoms with van der Waals surface area (Å²) in [7, 11) is 0. The minimum absolute atomic E-state index is 0.00478. The Labute approximate surface area is 271 Å². The first-order chi connectivity index (χ1) is 22.3. The zero-order chi connectivity index (χ0) is 32.4. The van der Waals surface area contributed by atoms with Crippen molar-refractivity contribution in [1.82, 2.24) is 15.1 Å². The molecule has 0 radical (unpaired) electrons. The van der Waals surface area contributed by atoms with E-state index in [4.69, 9.17) is 9.47 Å². The summed E-state index contributed by atoms with van der Waals surface area (Å²) in [6.07, 6.45) is 13.0. The molecule has 0 aromatic heterocycles. The van der Waals surface area contributed by atoms with Gasteiger partial charge in [0, 0.05) is 19.0 Å². The SMILES string of the molecule is CC[C@H](C)[C@H](CO)N1C(=O)[C@@H]2[C@H]3C(=O)N[C@@H](c4ccccc4)COC(=O)CC/C=C\CN(C4CCCCC4)C(=O)[C@@H]1[C@]21C=C[C@H]3O1. The van der Waals surface area contributed by atoms with E-state index < -0.39 is 47.6 Å². The first-order valence-electron chi connectivity index (χ1n) is 17.1. The molecule has 3 amide bonds. The second-order valence-corrected chi connectivity index (χ2v) is 13.5. The molecule has 10 heteroatoms. The average molecular weight is 634 g/mol. The molecule has 6 rings (SSSR count). The average Bonchev–Trinajstić information content (AvgIpc) is 3.72. The third-order valence-corrected chi connectivity index (χ3v) is 10.9. The summed E-state index contributed by atoms with van der Waals surface area (Å²) in [6, 6.07) is 7.02. The highest BCUT2D eigenvalue weighted by Gasteiger charge is 2.74. The number of esters is 1. The summed E-state index contributed by atoms with van der Waals surface area (Å²) in [4.78, 5) is 60.1. The van der Waals surface area contributed by atoms with E-state index in [1.807, 2.05) is 73.4 Å². The second kappa shape index (κ2) is 13.7. The largest absolute Gasteiger partial charge is 0.463 e. The van der Waals surface area contributed by atoms with E-state index >= 15 is 4.79 Å². The van der Waals surface area contributed by atoms with Crippen LogP contribution in [0.1, 0.15) is 76.8 Å². The van der Waals surface area contributed by atoms with Crippen molar-refractivity contribution in [2.45, 2.75) is 101 Å². The minimum atomic E-state index is -1.33. The van der Waals surface area contributed by atoms with E-state index in [1.54, 1.807) is 4.90 Å². The number of allylic oxidation sites excluding steroid dienone is 1. The van der Waals surface area contributed by atoms with Gasteiger partial charge >= 0.3 is 5.97 Å². The molecule has 0 unspecified atom stereocenters. The van der Waals surface area contributed by atoms with E-state index in [1.165, 1.54) is 0 Å². The number of aliphatic hydroxyl groups is 1. The van der Waals surface area contributed by atoms with Gasteiger partial charge in [0.2, 0.25) is 17.7 Å². The van der Waals surface area contributed by atoms with Crippen molar-refractivity contribution in [3.63, 3.8) is 0 Å². The van der Waals surface area contributed by atoms with Crippen molar-refractivity contribution in [2.24, 2.45) is 17.8 Å². The van der Waals surface area contributed by atoms with E-state index in [9.17, 15) is 19.5 Å². The number of benzene rings is 1. The molecule has 1 aromatic carbocycles. The lowest BCUT2D eigenvalue weighted by molar-refractivity contribution is -0.153. The number of rotatable bonds is 6. The first-order valence-corrected chi connectivity index (χ1v) is 17.1. The lowest BCUT2D eigenvalue weighted by Crippen LogP contribution is -2.61. The van der Waals surface area contributed by atoms with Crippen LogP contribution in [0.25, 0.3) is 0 Å². The summed E-state index contributed by atoms with van der Waals surface area (Å²) >= 11 is 0. The summed E-state index contributed by atoms with van der Waals surface area (Å²) in [5.74, 6) is -3.25. The van der Waals surface area contributed by atoms with Crippen LogP contribution in [0.4, 0.5) is 0 Å². The third-order valence-electron chi connectivity index (χ3n) is 10.9. The van der Waals surface area contributed by atoms with Crippen LogP contribution >= 0.6 is 0 Å². The van der Waals surface area contributed by atoms with Crippen molar-refractivity contribution < 1.29 is 33.8 Å². The predicted octanol–water partition coefficient (Wildman–Crippen LogP) is 3.46. The van der Waals surface area contributed by atoms with Gasteiger partial charge in [0.25, 0.3) is 0 Å². The number of nitrogens with one attached hydrogen (secondary N) is 1. The van der Waals surface area contributed by atoms with Crippen LogP contribution in [0.3, 0.4) is 0 Å². The quantitative estimate of drug-likeness (QED) is 0.363. The van der Waals surface area contributed by atoms with Crippen LogP contribution in [0, 0.1) is 17.8 Å². The fourth-order valence-corrected chi connectivity index (χ4v) is 8.26. The fourth-order valence-electron chi connectivity index (χ4n) is 8.26. The second-order valence-electron chi connectivity index (χ2n) is 13.5. The molecule has 248 valence electrons. The molecule has 5 aliphatic rings. The summed E-state index contributed by atoms with van der Waals surface area (Å²) in [6.45, 7) is 3.95. The van der Waals surface area contributed by atoms with E-state index in [-0.39, 0.29) is 49.4 Å². The molecule has 1 aromatic rings. The summed E-state index contributed by atoms with van der Waals surface area (Å²) in [5, 5.41) is 13.8. The Hall–Kier alpha value is -3.50. The molecule has 4 heterocycles. The number of fused-ring (bicyclic) bond motifs is 2. The van der Waals surface area contributed by atoms with E-state index in [0.717, 1.165) is 37.7 Å². The summed E-state index contributed by atoms with van der Waals surface area (Å²) < 4.78 is 12.3. The standard InChI is InChI=1S/C36H47N3O7/c1-3-23(2)27(21-40)39-32-35(44)38(25-15-9-5-10-16-25)20-12-6-11-17-29(41)45-22-26(24-13-7-4-8-14-24)37-33(42)30-28-18-19-36(32,46-28)31(30)34(39)43/h4,6-8,12-14,18-19,23,25-28,30-32,40H,3,5,9-11,15-17,20-22H2,1-2H3,(H,37,42)/b12-6-/t23-,26+,27-,28+,30-,31-,32+,36-/m0/s1. The number of nitrogens with zero attached hydrogens (tertiary/aromatic N) is 2. The van der Waals surface area contributed by atoms with Crippen LogP contribution < -0.4 is 5.32 Å². The topological polar surface area (TPSA) is 125 Å². The van der Waals surface area contributed by atoms with E-state index in [2.05, 4.69) is 5.32 Å². The maximum atomic E-state index is 15.0. The van der Waals surface area contributed by atoms with Crippen LogP contribution in [-0.2, 0) is 28.7 Å². The molecule has 46 heavy (non-hydrogen) atoms. The molecular weight excluding hydrogens is 586 g/mol. The fraction of sp³-hybridized carbons (Fsp3) is 0.611. The molecule has 4 aliphatic heterocycles. The molecular formula is C36H47N3O7. The van der Waals surface area contributed by atoms with Gasteiger partial charge in [0.05, 0.1) is 36.6 Å². The number of carbonyl (C=O) groups is 4. The molecule has 1 saturated carbocycles. The normalized spacial score (nSPS) is 34.3. The molecule has 5 bridgehead atoms. The number of hydrogen-bond acceptors (Lipinski definition) is 7. The minimum Gasteiger partial charge on any atom is -0.463 e. The van der Waals surface area contributed by atoms with Gasteiger partial charge in [-0.1, -0.05) is 94.2 Å². The zero-order valence-electron chi connectivity index (χ0n) is 26.9. The number of amides is 3. The maximum Gasteiger partial charge on any atom is 0.306 e. The van der Waals surface area contributed by atoms with Crippen molar-refractivity contribution in [3.05, 3.63) is 60.2 Å². The smallest absolute Gasteiger partial charge is 0.306 e. The number of carbonyl (C=O) groups excluding carboxylic acids is 4. The Balaban J connectivity index is 1.44. The van der Waals surface area contributed by atoms with Gasteiger partial charge in [0.1, 0.15) is 18.2 Å². The highest BCUT2D eigenvalue weighted by atomic mass is 16.5. The molecule has 2 N–H and O–H groups in total. The van der Waals surface area contributed by atoms with Crippen LogP contribution in [0.5, 0.6) is 0 Å². The molecule has 8 atom stereocenters. The highest BCUT2D eigenvalue weighted by Crippen LogP contribution is 2.56. The van der Waals surface area contributed by atoms with Gasteiger partial charge < -0.3 is 29.7 Å². The Kier molecular flexibility index (Phi) is 9.66. The van der Waals surface area contributed by atoms with Gasteiger partial charge in [0.15, 0.2) is 0 Å². The van der Waals surface area contributed by atoms with Crippen LogP contribution in [0.2, 0.25) is 0 Å². The summed E-state index contributed by atoms with van der Waals surface area (Å²) in [5.41, 5.74) is -0.565. The lowest BCUT2D eigenvalue weighted by atomic mass is 9.74. The Morgan fingerprint density at radius 3 is 2.52 bits per heavy atom. The maximum absolute atomic E-state index is 15.0. The van der Waals surface area contributed by atoms with Gasteiger partial charge in [-0.25, -0.2) is 0 Å². The van der Waals surface area contributed by atoms with Gasteiger partial charge in [-0.3, -0.25) is 19.2 Å². The Morgan fingerprint density at radius 1 is 1.04 bits per heavy atom. The molecule has 1 spiro atoms. The van der Waals surface area contributed by atoms with Crippen molar-refractivity contribution >= 4 is 23.7 Å². The number of cyclic esters (lactones) is 1. The molecule has 3 fully saturated rings. The highest BCUT2D eigenvalue weighted by molar-refractivity contribution is 6.00. The molecule has 10 nitrogen and oxygen atoms in total. The van der Waals surface area contributed by atoms with Crippen LogP contribution in [-0.4, -0.2) is 88.2 Å². The Bertz CT molecular complexity index is 1360. The van der Waals surface area contributed by atoms with Crippen molar-refractivity contribution in [2.75, 3.05) is 19.8 Å². The number of likely N-dealkylation sites (tertiary alicyclic amines) is 1. The van der Waals surface area contributed by atoms with Gasteiger partial charge in [-0.15, -0.1) is 0 Å². The number of aliphatic hydroxyl groups excluding tert-OH is 1. The van der Waals surface area contributed by atoms with Crippen molar-refractivity contribution in [3.8, 4) is 0 Å². The van der Waals surface area contributed by atoms with Crippen molar-refractivity contribution in [1.29, 1.82) is 0 Å². The first kappa shape index (κ1) is 32.4. The monoisotopic (exact) mass is 633 g/mol. The van der Waals surface area contributed by atoms with Crippen LogP contribution in [0.15, 0.2) is 54.6 Å². The third kappa shape index (κ3) is 5.79. The number of hydrogen-bond donors (Lipinski definition) is 2. The number of ether oxygens (including phenoxy) is 2. The predicted molar refractivity (Wildman–Crippen MR) is 170 cm³/mol. The van der Waals surface area contributed by atoms with E-state index in [0.29, 0.717) is 19.4 Å². The zero-order valence-corrected chi connectivity index (χ0v) is 26.9. The lowest BCUT2D eigenvalue weighted by Gasteiger charge is -2.43. The Morgan fingerprint density at radius 2 is 1.80 bits per heavy atom. The van der Waals surface area contributed by atoms with Gasteiger partial charge in [-0.05, 0) is 30.7 Å². The molecule has 1 aliphatic carbocycles. The molecule has 2 saturated heterocycles. The van der Waals surface area contributed by atoms with Gasteiger partial charge in [-0.2, -0.15) is 0 Å².